The van der Waals surface area contributed by atoms with Gasteiger partial charge in [0.2, 0.25) is 11.6 Å². The molecule has 0 aliphatic carbocycles. The van der Waals surface area contributed by atoms with Gasteiger partial charge >= 0.3 is 0 Å². The summed E-state index contributed by atoms with van der Waals surface area (Å²) in [5.41, 5.74) is 3.66. The number of nitrogens with one attached hydrogen (secondary N) is 1. The number of amides is 1. The summed E-state index contributed by atoms with van der Waals surface area (Å²) >= 11 is 0. The number of carbonyl (C=O) groups excluding carboxylic acids is 1. The first-order valence-corrected chi connectivity index (χ1v) is 13.3. The van der Waals surface area contributed by atoms with E-state index in [4.69, 9.17) is 19.1 Å². The first-order chi connectivity index (χ1) is 19.1. The summed E-state index contributed by atoms with van der Waals surface area (Å²) in [6.07, 6.45) is 3.56. The molecule has 2 aliphatic heterocycles. The van der Waals surface area contributed by atoms with Crippen molar-refractivity contribution in [2.24, 2.45) is 0 Å². The Labute approximate surface area is 223 Å². The minimum Gasteiger partial charge on any atom is -0.432 e. The van der Waals surface area contributed by atoms with Crippen LogP contribution < -0.4 is 4.90 Å². The number of carbonyl (C=O) groups is 1. The van der Waals surface area contributed by atoms with Gasteiger partial charge in [-0.05, 0) is 36.8 Å². The van der Waals surface area contributed by atoms with Crippen LogP contribution in [0, 0.1) is 5.82 Å². The number of H-pyrrole nitrogens is 1. The van der Waals surface area contributed by atoms with Gasteiger partial charge < -0.3 is 23.9 Å². The van der Waals surface area contributed by atoms with Crippen molar-refractivity contribution >= 4 is 44.8 Å². The zero-order chi connectivity index (χ0) is 26.5. The Balaban J connectivity index is 1.36. The number of halogens is 1. The lowest BCUT2D eigenvalue weighted by Gasteiger charge is -2.33. The quantitative estimate of drug-likeness (QED) is 0.369. The van der Waals surface area contributed by atoms with Crippen LogP contribution in [-0.4, -0.2) is 88.1 Å². The van der Waals surface area contributed by atoms with Crippen molar-refractivity contribution in [3.63, 3.8) is 0 Å². The van der Waals surface area contributed by atoms with Crippen LogP contribution >= 0.6 is 0 Å². The maximum Gasteiger partial charge on any atom is 0.236 e. The molecule has 2 fully saturated rings. The zero-order valence-electron chi connectivity index (χ0n) is 21.6. The highest BCUT2D eigenvalue weighted by atomic mass is 19.1. The molecule has 39 heavy (non-hydrogen) atoms. The van der Waals surface area contributed by atoms with Gasteiger partial charge in [-0.1, -0.05) is 0 Å². The molecular weight excluding hydrogens is 501 g/mol. The third-order valence-electron chi connectivity index (χ3n) is 7.61. The van der Waals surface area contributed by atoms with Gasteiger partial charge in [0, 0.05) is 62.6 Å². The smallest absolute Gasteiger partial charge is 0.236 e. The number of fused-ring (bicyclic) bond motifs is 4. The first-order valence-electron chi connectivity index (χ1n) is 13.3. The minimum absolute atomic E-state index is 0.139. The predicted octanol–water partition coefficient (Wildman–Crippen LogP) is 3.56. The van der Waals surface area contributed by atoms with Gasteiger partial charge in [-0.2, -0.15) is 0 Å². The van der Waals surface area contributed by atoms with Gasteiger partial charge in [-0.25, -0.2) is 19.3 Å². The summed E-state index contributed by atoms with van der Waals surface area (Å²) in [4.78, 5) is 36.0. The second-order valence-corrected chi connectivity index (χ2v) is 9.99. The Morgan fingerprint density at radius 1 is 1.08 bits per heavy atom. The summed E-state index contributed by atoms with van der Waals surface area (Å²) < 4.78 is 27.1. The summed E-state index contributed by atoms with van der Waals surface area (Å²) in [5, 5.41) is 1.45. The van der Waals surface area contributed by atoms with E-state index in [0.29, 0.717) is 78.8 Å². The number of aromatic amines is 1. The zero-order valence-corrected chi connectivity index (χ0v) is 21.6. The fourth-order valence-electron chi connectivity index (χ4n) is 5.56. The standard InChI is InChI=1S/C28H28FN7O3/c1-2-35-8-7-34(16-22(35)37)15-17-13-19-24-25(39-28(19)31-14-17)27(36-9-11-38-12-10-36)33-26(32-24)23-18-5-6-30-21(18)4-3-20(23)29/h3-6,13-14,30H,2,7-12,15-16H2,1H3. The van der Waals surface area contributed by atoms with Crippen LogP contribution in [-0.2, 0) is 16.1 Å². The molecule has 4 aromatic heterocycles. The summed E-state index contributed by atoms with van der Waals surface area (Å²) in [5.74, 6) is 0.643. The highest BCUT2D eigenvalue weighted by Crippen LogP contribution is 2.37. The third-order valence-corrected chi connectivity index (χ3v) is 7.61. The lowest BCUT2D eigenvalue weighted by atomic mass is 10.1. The molecule has 0 atom stereocenters. The Hall–Kier alpha value is -4.09. The highest BCUT2D eigenvalue weighted by molar-refractivity contribution is 6.06. The number of ether oxygens (including phenoxy) is 1. The molecule has 200 valence electrons. The number of rotatable bonds is 5. The normalized spacial score (nSPS) is 17.2. The summed E-state index contributed by atoms with van der Waals surface area (Å²) in [6.45, 7) is 7.61. The van der Waals surface area contributed by atoms with Crippen molar-refractivity contribution < 1.29 is 18.3 Å². The number of nitrogens with zero attached hydrogens (tertiary/aromatic N) is 6. The number of furan rings is 1. The molecule has 10 nitrogen and oxygen atoms in total. The van der Waals surface area contributed by atoms with E-state index in [1.807, 2.05) is 24.0 Å². The molecule has 6 heterocycles. The van der Waals surface area contributed by atoms with Crippen molar-refractivity contribution in [2.45, 2.75) is 13.5 Å². The number of anilines is 1. The van der Waals surface area contributed by atoms with E-state index in [2.05, 4.69) is 19.8 Å². The van der Waals surface area contributed by atoms with E-state index in [0.717, 1.165) is 36.1 Å². The van der Waals surface area contributed by atoms with Gasteiger partial charge in [-0.15, -0.1) is 0 Å². The highest BCUT2D eigenvalue weighted by Gasteiger charge is 2.26. The van der Waals surface area contributed by atoms with E-state index in [1.165, 1.54) is 6.07 Å². The van der Waals surface area contributed by atoms with E-state index in [1.54, 1.807) is 18.5 Å². The molecule has 1 amide bonds. The predicted molar refractivity (Wildman–Crippen MR) is 145 cm³/mol. The number of piperazine rings is 1. The second kappa shape index (κ2) is 9.58. The van der Waals surface area contributed by atoms with Crippen LogP contribution in [0.1, 0.15) is 12.5 Å². The molecule has 0 bridgehead atoms. The largest absolute Gasteiger partial charge is 0.432 e. The van der Waals surface area contributed by atoms with Crippen molar-refractivity contribution in [3.8, 4) is 11.4 Å². The molecule has 7 rings (SSSR count). The van der Waals surface area contributed by atoms with E-state index in [-0.39, 0.29) is 5.91 Å². The maximum atomic E-state index is 15.3. The van der Waals surface area contributed by atoms with Crippen LogP contribution in [0.15, 0.2) is 41.1 Å². The monoisotopic (exact) mass is 529 g/mol. The average molecular weight is 530 g/mol. The molecule has 1 N–H and O–H groups in total. The summed E-state index contributed by atoms with van der Waals surface area (Å²) in [6, 6.07) is 6.99. The SMILES string of the molecule is CCN1CCN(Cc2cnc3oc4c(N5CCOCC5)nc(-c5c(F)ccc6[nH]ccc56)nc4c3c2)CC1=O. The average Bonchev–Trinajstić information content (AvgIpc) is 3.58. The first kappa shape index (κ1) is 24.0. The Morgan fingerprint density at radius 3 is 2.77 bits per heavy atom. The van der Waals surface area contributed by atoms with E-state index in [9.17, 15) is 4.79 Å². The van der Waals surface area contributed by atoms with Gasteiger partial charge in [-0.3, -0.25) is 9.69 Å². The van der Waals surface area contributed by atoms with E-state index >= 15 is 4.39 Å². The molecule has 2 aliphatic rings. The molecule has 0 unspecified atom stereocenters. The van der Waals surface area contributed by atoms with Gasteiger partial charge in [0.15, 0.2) is 17.2 Å². The molecule has 0 saturated carbocycles. The van der Waals surface area contributed by atoms with Crippen molar-refractivity contribution in [1.29, 1.82) is 0 Å². The second-order valence-electron chi connectivity index (χ2n) is 9.99. The Bertz CT molecular complexity index is 1710. The number of morpholine rings is 1. The number of pyridine rings is 1. The lowest BCUT2D eigenvalue weighted by molar-refractivity contribution is -0.135. The fraction of sp³-hybridized carbons (Fsp3) is 0.357. The van der Waals surface area contributed by atoms with Gasteiger partial charge in [0.1, 0.15) is 11.3 Å². The molecule has 0 spiro atoms. The van der Waals surface area contributed by atoms with Crippen molar-refractivity contribution in [2.75, 3.05) is 57.4 Å². The molecule has 1 aromatic carbocycles. The molecule has 11 heteroatoms. The van der Waals surface area contributed by atoms with Crippen molar-refractivity contribution in [1.82, 2.24) is 29.7 Å². The Morgan fingerprint density at radius 2 is 1.95 bits per heavy atom. The number of likely N-dealkylation sites (N-methyl/N-ethyl adjacent to an activating group) is 1. The number of aromatic nitrogens is 4. The maximum absolute atomic E-state index is 15.3. The number of benzene rings is 1. The summed E-state index contributed by atoms with van der Waals surface area (Å²) in [7, 11) is 0. The molecular formula is C28H28FN7O3. The topological polar surface area (TPSA) is 104 Å². The molecule has 2 saturated heterocycles. The van der Waals surface area contributed by atoms with Crippen LogP contribution in [0.4, 0.5) is 10.2 Å². The van der Waals surface area contributed by atoms with Gasteiger partial charge in [0.25, 0.3) is 0 Å². The lowest BCUT2D eigenvalue weighted by Crippen LogP contribution is -2.49. The van der Waals surface area contributed by atoms with Crippen LogP contribution in [0.2, 0.25) is 0 Å². The van der Waals surface area contributed by atoms with Gasteiger partial charge in [0.05, 0.1) is 30.7 Å². The Kier molecular flexibility index (Phi) is 5.89. The number of hydrogen-bond acceptors (Lipinski definition) is 8. The molecule has 5 aromatic rings. The minimum atomic E-state index is -0.392. The van der Waals surface area contributed by atoms with Crippen LogP contribution in [0.5, 0.6) is 0 Å². The fourth-order valence-corrected chi connectivity index (χ4v) is 5.56. The third kappa shape index (κ3) is 4.18. The van der Waals surface area contributed by atoms with E-state index < -0.39 is 5.82 Å². The number of hydrogen-bond donors (Lipinski definition) is 1. The van der Waals surface area contributed by atoms with Crippen LogP contribution in [0.3, 0.4) is 0 Å². The van der Waals surface area contributed by atoms with Crippen molar-refractivity contribution in [3.05, 3.63) is 48.0 Å². The van der Waals surface area contributed by atoms with Crippen LogP contribution in [0.25, 0.3) is 44.5 Å². The molecule has 0 radical (unpaired) electrons.